The van der Waals surface area contributed by atoms with Gasteiger partial charge in [0.1, 0.15) is 0 Å². The lowest BCUT2D eigenvalue weighted by molar-refractivity contribution is -0.117. The normalized spacial score (nSPS) is 11.9. The highest BCUT2D eigenvalue weighted by Crippen LogP contribution is 2.17. The highest BCUT2D eigenvalue weighted by molar-refractivity contribution is 5.95. The molecular weight excluding hydrogens is 236 g/mol. The number of fused-ring (bicyclic) bond motifs is 1. The first-order chi connectivity index (χ1) is 8.96. The first-order valence-electron chi connectivity index (χ1n) is 6.30. The Morgan fingerprint density at radius 1 is 1.21 bits per heavy atom. The van der Waals surface area contributed by atoms with Gasteiger partial charge in [0, 0.05) is 23.2 Å². The molecule has 1 N–H and O–H groups in total. The summed E-state index contributed by atoms with van der Waals surface area (Å²) in [6.07, 6.45) is 5.14. The van der Waals surface area contributed by atoms with Crippen molar-refractivity contribution in [3.63, 3.8) is 0 Å². The predicted octanol–water partition coefficient (Wildman–Crippen LogP) is 3.16. The molecule has 2 aromatic rings. The summed E-state index contributed by atoms with van der Waals surface area (Å²) < 4.78 is 0. The highest BCUT2D eigenvalue weighted by atomic mass is 16.1. The lowest BCUT2D eigenvalue weighted by atomic mass is 10.1. The van der Waals surface area contributed by atoms with E-state index < -0.39 is 0 Å². The van der Waals surface area contributed by atoms with Gasteiger partial charge in [0.25, 0.3) is 0 Å². The number of aromatic nitrogens is 1. The van der Waals surface area contributed by atoms with Gasteiger partial charge >= 0.3 is 0 Å². The van der Waals surface area contributed by atoms with E-state index in [2.05, 4.69) is 10.3 Å². The molecule has 1 aromatic heterocycles. The third-order valence-corrected chi connectivity index (χ3v) is 2.60. The average Bonchev–Trinajstić information content (AvgIpc) is 2.34. The Morgan fingerprint density at radius 2 is 1.95 bits per heavy atom. The van der Waals surface area contributed by atoms with Crippen molar-refractivity contribution in [2.45, 2.75) is 26.3 Å². The molecule has 3 nitrogen and oxygen atoms in total. The quantitative estimate of drug-likeness (QED) is 0.836. The van der Waals surface area contributed by atoms with Crippen LogP contribution < -0.4 is 5.32 Å². The van der Waals surface area contributed by atoms with Crippen LogP contribution in [-0.4, -0.2) is 16.4 Å². The molecule has 0 aliphatic rings. The predicted molar refractivity (Wildman–Crippen MR) is 78.7 cm³/mol. The second-order valence-corrected chi connectivity index (χ2v) is 5.49. The third kappa shape index (κ3) is 3.65. The van der Waals surface area contributed by atoms with Gasteiger partial charge in [0.15, 0.2) is 0 Å². The number of para-hydroxylation sites is 1. The molecule has 0 aliphatic heterocycles. The van der Waals surface area contributed by atoms with Gasteiger partial charge in [-0.25, -0.2) is 0 Å². The van der Waals surface area contributed by atoms with Crippen LogP contribution in [0.25, 0.3) is 17.0 Å². The fourth-order valence-corrected chi connectivity index (χ4v) is 1.84. The lowest BCUT2D eigenvalue weighted by Gasteiger charge is -2.18. The Morgan fingerprint density at radius 3 is 2.68 bits per heavy atom. The van der Waals surface area contributed by atoms with Crippen LogP contribution in [0.1, 0.15) is 26.3 Å². The topological polar surface area (TPSA) is 42.0 Å². The van der Waals surface area contributed by atoms with Crippen molar-refractivity contribution < 1.29 is 4.79 Å². The first-order valence-corrected chi connectivity index (χ1v) is 6.30. The number of hydrogen-bond donors (Lipinski definition) is 1. The molecule has 1 heterocycles. The van der Waals surface area contributed by atoms with Crippen LogP contribution >= 0.6 is 0 Å². The minimum atomic E-state index is -0.221. The van der Waals surface area contributed by atoms with E-state index in [1.807, 2.05) is 57.2 Å². The Kier molecular flexibility index (Phi) is 3.65. The Bertz CT molecular complexity index is 619. The lowest BCUT2D eigenvalue weighted by Crippen LogP contribution is -2.39. The van der Waals surface area contributed by atoms with Crippen molar-refractivity contribution in [1.82, 2.24) is 10.3 Å². The molecule has 19 heavy (non-hydrogen) atoms. The van der Waals surface area contributed by atoms with E-state index >= 15 is 0 Å². The number of benzene rings is 1. The van der Waals surface area contributed by atoms with Crippen LogP contribution in [0.4, 0.5) is 0 Å². The number of carbonyl (C=O) groups excluding carboxylic acids is 1. The molecule has 0 aliphatic carbocycles. The minimum Gasteiger partial charge on any atom is -0.348 e. The van der Waals surface area contributed by atoms with Crippen LogP contribution in [0.15, 0.2) is 42.6 Å². The summed E-state index contributed by atoms with van der Waals surface area (Å²) in [6, 6.07) is 9.79. The van der Waals surface area contributed by atoms with E-state index in [0.29, 0.717) is 0 Å². The second kappa shape index (κ2) is 5.22. The number of nitrogens with one attached hydrogen (secondary N) is 1. The molecule has 0 spiro atoms. The SMILES string of the molecule is CC(C)(C)NC(=O)/C=C/c1ccnc2ccccc12. The number of rotatable bonds is 2. The van der Waals surface area contributed by atoms with Crippen LogP contribution in [0.2, 0.25) is 0 Å². The van der Waals surface area contributed by atoms with Crippen molar-refractivity contribution in [1.29, 1.82) is 0 Å². The second-order valence-electron chi connectivity index (χ2n) is 5.49. The summed E-state index contributed by atoms with van der Waals surface area (Å²) >= 11 is 0. The van der Waals surface area contributed by atoms with E-state index in [1.54, 1.807) is 12.3 Å². The Balaban J connectivity index is 2.24. The van der Waals surface area contributed by atoms with Gasteiger partial charge in [-0.05, 0) is 44.5 Å². The molecule has 2 rings (SSSR count). The highest BCUT2D eigenvalue weighted by Gasteiger charge is 2.11. The molecule has 0 bridgehead atoms. The zero-order valence-electron chi connectivity index (χ0n) is 11.5. The van der Waals surface area contributed by atoms with Crippen LogP contribution in [0.3, 0.4) is 0 Å². The van der Waals surface area contributed by atoms with Gasteiger partial charge in [0.05, 0.1) is 5.52 Å². The van der Waals surface area contributed by atoms with Crippen molar-refractivity contribution >= 4 is 22.9 Å². The zero-order chi connectivity index (χ0) is 13.9. The molecule has 0 atom stereocenters. The molecule has 0 fully saturated rings. The summed E-state index contributed by atoms with van der Waals surface area (Å²) in [5, 5.41) is 3.94. The van der Waals surface area contributed by atoms with E-state index in [-0.39, 0.29) is 11.4 Å². The van der Waals surface area contributed by atoms with Crippen molar-refractivity contribution in [2.24, 2.45) is 0 Å². The first kappa shape index (κ1) is 13.3. The standard InChI is InChI=1S/C16H18N2O/c1-16(2,3)18-15(19)9-8-12-10-11-17-14-7-5-4-6-13(12)14/h4-11H,1-3H3,(H,18,19)/b9-8+. The van der Waals surface area contributed by atoms with E-state index in [4.69, 9.17) is 0 Å². The van der Waals surface area contributed by atoms with Gasteiger partial charge in [-0.1, -0.05) is 18.2 Å². The van der Waals surface area contributed by atoms with E-state index in [0.717, 1.165) is 16.5 Å². The third-order valence-electron chi connectivity index (χ3n) is 2.60. The summed E-state index contributed by atoms with van der Waals surface area (Å²) in [5.41, 5.74) is 1.71. The monoisotopic (exact) mass is 254 g/mol. The number of nitrogens with zero attached hydrogens (tertiary/aromatic N) is 1. The molecule has 0 saturated carbocycles. The van der Waals surface area contributed by atoms with Gasteiger partial charge < -0.3 is 5.32 Å². The van der Waals surface area contributed by atoms with Gasteiger partial charge in [0.2, 0.25) is 5.91 Å². The molecule has 0 unspecified atom stereocenters. The maximum absolute atomic E-state index is 11.8. The summed E-state index contributed by atoms with van der Waals surface area (Å²) in [5.74, 6) is -0.0895. The van der Waals surface area contributed by atoms with Gasteiger partial charge in [-0.3, -0.25) is 9.78 Å². The molecule has 1 aromatic carbocycles. The molecule has 0 saturated heterocycles. The fourth-order valence-electron chi connectivity index (χ4n) is 1.84. The van der Waals surface area contributed by atoms with E-state index in [1.165, 1.54) is 0 Å². The zero-order valence-corrected chi connectivity index (χ0v) is 11.5. The Hall–Kier alpha value is -2.16. The average molecular weight is 254 g/mol. The van der Waals surface area contributed by atoms with Crippen LogP contribution in [0.5, 0.6) is 0 Å². The molecule has 1 amide bonds. The smallest absolute Gasteiger partial charge is 0.244 e. The van der Waals surface area contributed by atoms with Crippen LogP contribution in [-0.2, 0) is 4.79 Å². The summed E-state index contributed by atoms with van der Waals surface area (Å²) in [6.45, 7) is 5.88. The molecule has 3 heteroatoms. The van der Waals surface area contributed by atoms with Crippen molar-refractivity contribution in [2.75, 3.05) is 0 Å². The molecule has 98 valence electrons. The summed E-state index contributed by atoms with van der Waals surface area (Å²) in [4.78, 5) is 16.0. The van der Waals surface area contributed by atoms with Gasteiger partial charge in [-0.15, -0.1) is 0 Å². The number of hydrogen-bond acceptors (Lipinski definition) is 2. The van der Waals surface area contributed by atoms with E-state index in [9.17, 15) is 4.79 Å². The number of amides is 1. The van der Waals surface area contributed by atoms with Crippen LogP contribution in [0, 0.1) is 0 Å². The Labute approximate surface area is 113 Å². The van der Waals surface area contributed by atoms with Crippen molar-refractivity contribution in [3.8, 4) is 0 Å². The maximum Gasteiger partial charge on any atom is 0.244 e. The van der Waals surface area contributed by atoms with Gasteiger partial charge in [-0.2, -0.15) is 0 Å². The minimum absolute atomic E-state index is 0.0895. The largest absolute Gasteiger partial charge is 0.348 e. The number of pyridine rings is 1. The maximum atomic E-state index is 11.8. The molecular formula is C16H18N2O. The fraction of sp³-hybridized carbons (Fsp3) is 0.250. The summed E-state index contributed by atoms with van der Waals surface area (Å²) in [7, 11) is 0. The van der Waals surface area contributed by atoms with Crippen molar-refractivity contribution in [3.05, 3.63) is 48.2 Å². The number of carbonyl (C=O) groups is 1. The molecule has 0 radical (unpaired) electrons.